The molecule has 0 saturated carbocycles. The van der Waals surface area contributed by atoms with Gasteiger partial charge in [-0.25, -0.2) is 0 Å². The quantitative estimate of drug-likeness (QED) is 0.491. The topological polar surface area (TPSA) is 126 Å². The molecule has 31 heavy (non-hydrogen) atoms. The summed E-state index contributed by atoms with van der Waals surface area (Å²) < 4.78 is 27.8. The van der Waals surface area contributed by atoms with Crippen LogP contribution in [-0.4, -0.2) is 61.1 Å². The number of carbonyl (C=O) groups is 4. The van der Waals surface area contributed by atoms with Crippen LogP contribution in [0.25, 0.3) is 0 Å². The summed E-state index contributed by atoms with van der Waals surface area (Å²) in [5.41, 5.74) is 0.801. The number of hydrogen-bond acceptors (Lipinski definition) is 9. The number of nitrogens with one attached hydrogen (secondary N) is 1. The van der Waals surface area contributed by atoms with Crippen LogP contribution >= 0.6 is 0 Å². The van der Waals surface area contributed by atoms with E-state index in [-0.39, 0.29) is 6.61 Å². The van der Waals surface area contributed by atoms with Crippen LogP contribution in [0.5, 0.6) is 5.75 Å². The van der Waals surface area contributed by atoms with E-state index in [9.17, 15) is 19.2 Å². The summed E-state index contributed by atoms with van der Waals surface area (Å²) in [6.07, 6.45) is -4.47. The Morgan fingerprint density at radius 3 is 2.10 bits per heavy atom. The fourth-order valence-corrected chi connectivity index (χ4v) is 3.21. The van der Waals surface area contributed by atoms with Crippen molar-refractivity contribution in [1.82, 2.24) is 5.32 Å². The van der Waals surface area contributed by atoms with Gasteiger partial charge >= 0.3 is 17.9 Å². The van der Waals surface area contributed by atoms with Crippen molar-refractivity contribution < 1.29 is 42.9 Å². The van der Waals surface area contributed by atoms with Gasteiger partial charge in [-0.05, 0) is 18.6 Å². The van der Waals surface area contributed by atoms with E-state index >= 15 is 0 Å². The number of amides is 1. The molecule has 5 atom stereocenters. The molecule has 10 nitrogen and oxygen atoms in total. The lowest BCUT2D eigenvalue weighted by atomic mass is 9.96. The fourth-order valence-electron chi connectivity index (χ4n) is 3.21. The van der Waals surface area contributed by atoms with Crippen molar-refractivity contribution in [2.75, 3.05) is 6.61 Å². The molecule has 1 saturated heterocycles. The summed E-state index contributed by atoms with van der Waals surface area (Å²) >= 11 is 0. The Labute approximate surface area is 180 Å². The fraction of sp³-hybridized carbons (Fsp3) is 0.524. The van der Waals surface area contributed by atoms with E-state index in [0.29, 0.717) is 5.75 Å². The average Bonchev–Trinajstić information content (AvgIpc) is 2.65. The highest BCUT2D eigenvalue weighted by Crippen LogP contribution is 2.30. The Bertz CT molecular complexity index is 825. The summed E-state index contributed by atoms with van der Waals surface area (Å²) in [6, 6.07) is 6.12. The molecule has 0 aliphatic carbocycles. The van der Waals surface area contributed by atoms with Gasteiger partial charge in [0.2, 0.25) is 12.2 Å². The number of rotatable bonds is 7. The van der Waals surface area contributed by atoms with Crippen LogP contribution in [0.3, 0.4) is 0 Å². The number of aryl methyl sites for hydroxylation is 1. The molecule has 1 fully saturated rings. The van der Waals surface area contributed by atoms with E-state index < -0.39 is 54.5 Å². The first-order valence-corrected chi connectivity index (χ1v) is 9.71. The van der Waals surface area contributed by atoms with Gasteiger partial charge in [0.05, 0.1) is 0 Å². The van der Waals surface area contributed by atoms with Crippen LogP contribution in [0.4, 0.5) is 0 Å². The lowest BCUT2D eigenvalue weighted by Gasteiger charge is -2.44. The van der Waals surface area contributed by atoms with Crippen molar-refractivity contribution in [1.29, 1.82) is 0 Å². The third-order valence-electron chi connectivity index (χ3n) is 4.41. The zero-order valence-electron chi connectivity index (χ0n) is 18.1. The molecular weight excluding hydrogens is 410 g/mol. The molecule has 10 heteroatoms. The van der Waals surface area contributed by atoms with Crippen LogP contribution in [0.1, 0.15) is 33.3 Å². The van der Waals surface area contributed by atoms with Crippen molar-refractivity contribution in [3.8, 4) is 5.75 Å². The minimum absolute atomic E-state index is 0.286. The zero-order valence-corrected chi connectivity index (χ0v) is 18.1. The number of para-hydroxylation sites is 1. The smallest absolute Gasteiger partial charge is 0.303 e. The Balaban J connectivity index is 2.46. The third-order valence-corrected chi connectivity index (χ3v) is 4.41. The molecule has 0 aromatic heterocycles. The van der Waals surface area contributed by atoms with Crippen molar-refractivity contribution in [2.24, 2.45) is 0 Å². The molecule has 1 amide bonds. The molecule has 1 aliphatic heterocycles. The Morgan fingerprint density at radius 1 is 0.935 bits per heavy atom. The minimum atomic E-state index is -1.16. The molecule has 1 aromatic carbocycles. The minimum Gasteiger partial charge on any atom is -0.463 e. The van der Waals surface area contributed by atoms with Crippen molar-refractivity contribution in [3.05, 3.63) is 29.8 Å². The highest BCUT2D eigenvalue weighted by Gasteiger charge is 2.52. The maximum atomic E-state index is 11.9. The standard InChI is InChI=1S/C21H27NO9/c1-11-8-6-7-9-16(11)30-21-18(22-12(2)23)20(29-15(5)26)19(28-14(4)25)17(31-21)10-27-13(3)24/h6-9,17-21H,10H2,1-5H3,(H,22,23)/t17-,18+,19+,20-,21-/m0/s1. The van der Waals surface area contributed by atoms with Gasteiger partial charge in [0, 0.05) is 27.7 Å². The molecule has 1 heterocycles. The van der Waals surface area contributed by atoms with E-state index in [2.05, 4.69) is 5.32 Å². The predicted octanol–water partition coefficient (Wildman–Crippen LogP) is 1.03. The number of ether oxygens (including phenoxy) is 5. The monoisotopic (exact) mass is 437 g/mol. The third kappa shape index (κ3) is 6.95. The summed E-state index contributed by atoms with van der Waals surface area (Å²) in [4.78, 5) is 46.8. The Morgan fingerprint density at radius 2 is 1.55 bits per heavy atom. The van der Waals surface area contributed by atoms with Crippen LogP contribution in [0, 0.1) is 6.92 Å². The van der Waals surface area contributed by atoms with Gasteiger partial charge < -0.3 is 29.0 Å². The van der Waals surface area contributed by atoms with Crippen LogP contribution in [0.2, 0.25) is 0 Å². The van der Waals surface area contributed by atoms with Crippen LogP contribution in [0.15, 0.2) is 24.3 Å². The molecule has 0 radical (unpaired) electrons. The van der Waals surface area contributed by atoms with Gasteiger partial charge in [0.25, 0.3) is 0 Å². The molecule has 1 N–H and O–H groups in total. The van der Waals surface area contributed by atoms with E-state index in [0.717, 1.165) is 5.56 Å². The number of esters is 3. The molecule has 1 aliphatic rings. The first-order valence-electron chi connectivity index (χ1n) is 9.71. The highest BCUT2D eigenvalue weighted by molar-refractivity contribution is 5.73. The second-order valence-corrected chi connectivity index (χ2v) is 7.10. The van der Waals surface area contributed by atoms with E-state index in [1.165, 1.54) is 27.7 Å². The van der Waals surface area contributed by atoms with Gasteiger partial charge in [0.15, 0.2) is 12.2 Å². The Kier molecular flexibility index (Phi) is 8.38. The first-order chi connectivity index (χ1) is 14.6. The van der Waals surface area contributed by atoms with E-state index in [1.54, 1.807) is 12.1 Å². The molecule has 1 aromatic rings. The largest absolute Gasteiger partial charge is 0.463 e. The second-order valence-electron chi connectivity index (χ2n) is 7.10. The summed E-state index contributed by atoms with van der Waals surface area (Å²) in [5, 5.41) is 2.65. The lowest BCUT2D eigenvalue weighted by Crippen LogP contribution is -2.67. The molecule has 170 valence electrons. The zero-order chi connectivity index (χ0) is 23.1. The SMILES string of the molecule is CC(=O)N[C@H]1[C@@H](Oc2ccccc2C)O[C@@H](COC(C)=O)[C@@H](OC(C)=O)[C@H]1OC(C)=O. The Hall–Kier alpha value is -3.14. The normalized spacial score (nSPS) is 25.1. The average molecular weight is 437 g/mol. The molecule has 0 spiro atoms. The number of carbonyl (C=O) groups excluding carboxylic acids is 4. The number of hydrogen-bond donors (Lipinski definition) is 1. The van der Waals surface area contributed by atoms with Gasteiger partial charge in [0.1, 0.15) is 24.5 Å². The van der Waals surface area contributed by atoms with Crippen LogP contribution < -0.4 is 10.1 Å². The first kappa shape index (κ1) is 24.1. The number of benzene rings is 1. The van der Waals surface area contributed by atoms with Crippen molar-refractivity contribution in [2.45, 2.75) is 65.3 Å². The van der Waals surface area contributed by atoms with Gasteiger partial charge in [-0.1, -0.05) is 18.2 Å². The molecule has 0 bridgehead atoms. The maximum Gasteiger partial charge on any atom is 0.303 e. The summed E-state index contributed by atoms with van der Waals surface area (Å²) in [7, 11) is 0. The second kappa shape index (κ2) is 10.8. The van der Waals surface area contributed by atoms with Gasteiger partial charge in [-0.3, -0.25) is 19.2 Å². The van der Waals surface area contributed by atoms with E-state index in [1.807, 2.05) is 19.1 Å². The van der Waals surface area contributed by atoms with Crippen molar-refractivity contribution in [3.63, 3.8) is 0 Å². The molecule has 2 rings (SSSR count). The molecular formula is C21H27NO9. The summed E-state index contributed by atoms with van der Waals surface area (Å²) in [5.74, 6) is -1.88. The summed E-state index contributed by atoms with van der Waals surface area (Å²) in [6.45, 7) is 6.40. The van der Waals surface area contributed by atoms with E-state index in [4.69, 9.17) is 23.7 Å². The molecule has 0 unspecified atom stereocenters. The maximum absolute atomic E-state index is 11.9. The van der Waals surface area contributed by atoms with Crippen molar-refractivity contribution >= 4 is 23.8 Å². The highest BCUT2D eigenvalue weighted by atomic mass is 16.7. The predicted molar refractivity (Wildman–Crippen MR) is 106 cm³/mol. The lowest BCUT2D eigenvalue weighted by molar-refractivity contribution is -0.257. The van der Waals surface area contributed by atoms with Crippen LogP contribution in [-0.2, 0) is 38.1 Å². The van der Waals surface area contributed by atoms with Gasteiger partial charge in [-0.15, -0.1) is 0 Å². The van der Waals surface area contributed by atoms with Gasteiger partial charge in [-0.2, -0.15) is 0 Å².